The summed E-state index contributed by atoms with van der Waals surface area (Å²) >= 11 is 5.79. The van der Waals surface area contributed by atoms with Gasteiger partial charge in [0.15, 0.2) is 11.5 Å². The van der Waals surface area contributed by atoms with Crippen LogP contribution < -0.4 is 5.43 Å². The van der Waals surface area contributed by atoms with Crippen molar-refractivity contribution in [3.8, 4) is 0 Å². The van der Waals surface area contributed by atoms with Crippen molar-refractivity contribution in [1.82, 2.24) is 20.2 Å². The third-order valence-corrected chi connectivity index (χ3v) is 2.71. The third kappa shape index (κ3) is 2.57. The van der Waals surface area contributed by atoms with Crippen LogP contribution in [-0.4, -0.2) is 26.4 Å². The van der Waals surface area contributed by atoms with Crippen LogP contribution in [0.2, 0.25) is 5.28 Å². The third-order valence-electron chi connectivity index (χ3n) is 2.54. The molecule has 0 spiro atoms. The lowest BCUT2D eigenvalue weighted by Crippen LogP contribution is -1.96. The number of nitrogens with zero attached hydrogens (tertiary/aromatic N) is 4. The topological polar surface area (TPSA) is 78.9 Å². The molecule has 2 heterocycles. The molecule has 0 bridgehead atoms. The van der Waals surface area contributed by atoms with Gasteiger partial charge in [-0.1, -0.05) is 12.1 Å². The smallest absolute Gasteiger partial charge is 0.226 e. The van der Waals surface area contributed by atoms with E-state index in [2.05, 4.69) is 30.7 Å². The predicted molar refractivity (Wildman–Crippen MR) is 74.3 cm³/mol. The zero-order valence-corrected chi connectivity index (χ0v) is 10.8. The van der Waals surface area contributed by atoms with Crippen molar-refractivity contribution in [1.29, 1.82) is 0 Å². The van der Waals surface area contributed by atoms with Crippen molar-refractivity contribution in [3.05, 3.63) is 47.1 Å². The molecule has 0 fully saturated rings. The number of anilines is 1. The van der Waals surface area contributed by atoms with Gasteiger partial charge in [-0.05, 0) is 29.3 Å². The predicted octanol–water partition coefficient (Wildman–Crippen LogP) is 2.59. The number of halogens is 2. The Morgan fingerprint density at radius 1 is 1.25 bits per heavy atom. The minimum Gasteiger partial charge on any atom is -0.261 e. The zero-order valence-electron chi connectivity index (χ0n) is 10.0. The highest BCUT2D eigenvalue weighted by Gasteiger charge is 2.07. The van der Waals surface area contributed by atoms with Crippen LogP contribution in [0.4, 0.5) is 10.2 Å². The van der Waals surface area contributed by atoms with E-state index in [4.69, 9.17) is 11.6 Å². The number of nitrogens with one attached hydrogen (secondary N) is 2. The molecule has 0 aliphatic rings. The summed E-state index contributed by atoms with van der Waals surface area (Å²) < 4.78 is 12.8. The summed E-state index contributed by atoms with van der Waals surface area (Å²) in [6.07, 6.45) is 3.11. The van der Waals surface area contributed by atoms with Crippen molar-refractivity contribution in [3.63, 3.8) is 0 Å². The van der Waals surface area contributed by atoms with Gasteiger partial charge in [0, 0.05) is 0 Å². The van der Waals surface area contributed by atoms with E-state index >= 15 is 0 Å². The van der Waals surface area contributed by atoms with Crippen LogP contribution in [0, 0.1) is 5.82 Å². The molecule has 0 radical (unpaired) electrons. The molecule has 3 rings (SSSR count). The summed E-state index contributed by atoms with van der Waals surface area (Å²) in [5.41, 5.74) is 4.03. The molecule has 0 saturated carbocycles. The molecule has 6 nitrogen and oxygen atoms in total. The van der Waals surface area contributed by atoms with E-state index in [1.807, 2.05) is 0 Å². The van der Waals surface area contributed by atoms with Crippen LogP contribution in [0.15, 0.2) is 35.6 Å². The molecule has 0 aliphatic heterocycles. The highest BCUT2D eigenvalue weighted by atomic mass is 35.5. The first-order valence-corrected chi connectivity index (χ1v) is 6.01. The normalized spacial score (nSPS) is 11.3. The summed E-state index contributed by atoms with van der Waals surface area (Å²) in [5.74, 6) is 0.143. The molecular formula is C12H8ClFN6. The van der Waals surface area contributed by atoms with Crippen LogP contribution in [0.25, 0.3) is 11.0 Å². The van der Waals surface area contributed by atoms with Gasteiger partial charge in [-0.3, -0.25) is 10.5 Å². The minimum atomic E-state index is -0.294. The molecule has 8 heteroatoms. The highest BCUT2D eigenvalue weighted by Crippen LogP contribution is 2.19. The van der Waals surface area contributed by atoms with Gasteiger partial charge in [-0.25, -0.2) is 4.39 Å². The average molecular weight is 291 g/mol. The molecule has 2 N–H and O–H groups in total. The molecule has 1 aromatic carbocycles. The fourth-order valence-corrected chi connectivity index (χ4v) is 1.78. The number of hydrogen-bond donors (Lipinski definition) is 2. The van der Waals surface area contributed by atoms with Gasteiger partial charge >= 0.3 is 0 Å². The highest BCUT2D eigenvalue weighted by molar-refractivity contribution is 6.28. The monoisotopic (exact) mass is 290 g/mol. The van der Waals surface area contributed by atoms with Crippen molar-refractivity contribution in [2.75, 3.05) is 5.43 Å². The second kappa shape index (κ2) is 5.22. The summed E-state index contributed by atoms with van der Waals surface area (Å²) in [5, 5.41) is 11.3. The molecule has 100 valence electrons. The summed E-state index contributed by atoms with van der Waals surface area (Å²) in [7, 11) is 0. The Labute approximate surface area is 117 Å². The fraction of sp³-hybridized carbons (Fsp3) is 0. The van der Waals surface area contributed by atoms with Gasteiger partial charge in [0.2, 0.25) is 5.28 Å². The van der Waals surface area contributed by atoms with Crippen LogP contribution in [0.5, 0.6) is 0 Å². The number of aromatic nitrogens is 4. The van der Waals surface area contributed by atoms with Crippen LogP contribution in [-0.2, 0) is 0 Å². The lowest BCUT2D eigenvalue weighted by atomic mass is 10.2. The van der Waals surface area contributed by atoms with Crippen LogP contribution >= 0.6 is 11.6 Å². The summed E-state index contributed by atoms with van der Waals surface area (Å²) in [4.78, 5) is 8.00. The molecular weight excluding hydrogens is 283 g/mol. The Morgan fingerprint density at radius 2 is 2.05 bits per heavy atom. The van der Waals surface area contributed by atoms with E-state index in [9.17, 15) is 4.39 Å². The van der Waals surface area contributed by atoms with E-state index in [0.717, 1.165) is 5.56 Å². The maximum Gasteiger partial charge on any atom is 0.226 e. The number of aromatic amines is 1. The average Bonchev–Trinajstić information content (AvgIpc) is 2.89. The molecule has 0 saturated heterocycles. The Balaban J connectivity index is 1.83. The summed E-state index contributed by atoms with van der Waals surface area (Å²) in [6, 6.07) is 5.94. The molecule has 0 aliphatic carbocycles. The lowest BCUT2D eigenvalue weighted by molar-refractivity contribution is 0.628. The van der Waals surface area contributed by atoms with E-state index in [0.29, 0.717) is 16.9 Å². The Hall–Kier alpha value is -2.54. The first-order chi connectivity index (χ1) is 9.72. The van der Waals surface area contributed by atoms with Crippen molar-refractivity contribution >= 4 is 34.7 Å². The minimum absolute atomic E-state index is 0.0845. The quantitative estimate of drug-likeness (QED) is 0.441. The molecule has 0 unspecified atom stereocenters. The zero-order chi connectivity index (χ0) is 13.9. The first-order valence-electron chi connectivity index (χ1n) is 5.63. The molecule has 3 aromatic rings. The lowest BCUT2D eigenvalue weighted by Gasteiger charge is -2.00. The van der Waals surface area contributed by atoms with E-state index in [-0.39, 0.29) is 11.1 Å². The van der Waals surface area contributed by atoms with Crippen molar-refractivity contribution < 1.29 is 4.39 Å². The Kier molecular flexibility index (Phi) is 3.26. The number of rotatable bonds is 3. The van der Waals surface area contributed by atoms with Gasteiger partial charge < -0.3 is 0 Å². The van der Waals surface area contributed by atoms with E-state index in [1.165, 1.54) is 12.1 Å². The van der Waals surface area contributed by atoms with Crippen LogP contribution in [0.1, 0.15) is 5.56 Å². The fourth-order valence-electron chi connectivity index (χ4n) is 1.61. The van der Waals surface area contributed by atoms with E-state index in [1.54, 1.807) is 24.5 Å². The van der Waals surface area contributed by atoms with Gasteiger partial charge in [0.1, 0.15) is 5.82 Å². The molecule has 0 amide bonds. The maximum atomic E-state index is 12.8. The first kappa shape index (κ1) is 12.5. The number of H-pyrrole nitrogens is 1. The molecule has 20 heavy (non-hydrogen) atoms. The maximum absolute atomic E-state index is 12.8. The van der Waals surface area contributed by atoms with Crippen molar-refractivity contribution in [2.24, 2.45) is 5.10 Å². The van der Waals surface area contributed by atoms with Gasteiger partial charge in [-0.15, -0.1) is 0 Å². The Morgan fingerprint density at radius 3 is 2.85 bits per heavy atom. The largest absolute Gasteiger partial charge is 0.261 e. The number of benzene rings is 1. The van der Waals surface area contributed by atoms with Gasteiger partial charge in [-0.2, -0.15) is 20.2 Å². The SMILES string of the molecule is Fc1ccc(/C=N/Nc2nc(Cl)nc3[nH]ncc23)cc1. The second-order valence-electron chi connectivity index (χ2n) is 3.90. The van der Waals surface area contributed by atoms with Crippen LogP contribution in [0.3, 0.4) is 0 Å². The Bertz CT molecular complexity index is 767. The number of hydrazone groups is 1. The number of hydrogen-bond acceptors (Lipinski definition) is 5. The number of fused-ring (bicyclic) bond motifs is 1. The summed E-state index contributed by atoms with van der Waals surface area (Å²) in [6.45, 7) is 0. The standard InChI is InChI=1S/C12H8ClFN6/c13-12-17-10(9-6-16-20-11(9)18-12)19-15-5-7-1-3-8(14)4-2-7/h1-6H,(H2,16,17,18,19,20)/b15-5+. The van der Waals surface area contributed by atoms with E-state index < -0.39 is 0 Å². The van der Waals surface area contributed by atoms with Gasteiger partial charge in [0.25, 0.3) is 0 Å². The second-order valence-corrected chi connectivity index (χ2v) is 4.23. The van der Waals surface area contributed by atoms with Gasteiger partial charge in [0.05, 0.1) is 17.8 Å². The molecule has 2 aromatic heterocycles. The molecule has 0 atom stereocenters. The van der Waals surface area contributed by atoms with Crippen molar-refractivity contribution in [2.45, 2.75) is 0 Å².